The molecule has 0 bridgehead atoms. The molecule has 84 valence electrons. The highest BCUT2D eigenvalue weighted by Gasteiger charge is 2.22. The Morgan fingerprint density at radius 1 is 0.941 bits per heavy atom. The molecule has 1 aliphatic rings. The van der Waals surface area contributed by atoms with Gasteiger partial charge in [-0.05, 0) is 30.0 Å². The van der Waals surface area contributed by atoms with Crippen molar-refractivity contribution in [3.63, 3.8) is 0 Å². The molecule has 0 atom stereocenters. The monoisotopic (exact) mass is 222 g/mol. The topological polar surface area (TPSA) is 17.1 Å². The van der Waals surface area contributed by atoms with Crippen LogP contribution in [0.4, 0.5) is 0 Å². The van der Waals surface area contributed by atoms with Gasteiger partial charge in [-0.1, -0.05) is 48.0 Å². The Balaban J connectivity index is 2.19. The van der Waals surface area contributed by atoms with E-state index in [0.29, 0.717) is 6.42 Å². The Bertz CT molecular complexity index is 579. The Morgan fingerprint density at radius 3 is 2.47 bits per heavy atom. The first kappa shape index (κ1) is 10.3. The van der Waals surface area contributed by atoms with Gasteiger partial charge < -0.3 is 0 Å². The van der Waals surface area contributed by atoms with Gasteiger partial charge in [0.25, 0.3) is 0 Å². The fraction of sp³-hybridized carbons (Fsp3) is 0.188. The van der Waals surface area contributed by atoms with Crippen molar-refractivity contribution in [1.29, 1.82) is 0 Å². The molecule has 1 heteroatoms. The third-order valence-corrected chi connectivity index (χ3v) is 3.41. The molecule has 0 N–H and O–H groups in total. The summed E-state index contributed by atoms with van der Waals surface area (Å²) in [5.74, 6) is 0.288. The highest BCUT2D eigenvalue weighted by Crippen LogP contribution is 2.32. The Labute approximate surface area is 101 Å². The van der Waals surface area contributed by atoms with Crippen LogP contribution in [0.15, 0.2) is 42.5 Å². The van der Waals surface area contributed by atoms with E-state index in [1.54, 1.807) is 0 Å². The third kappa shape index (κ3) is 1.68. The summed E-state index contributed by atoms with van der Waals surface area (Å²) in [5, 5.41) is 0. The van der Waals surface area contributed by atoms with E-state index in [9.17, 15) is 4.79 Å². The molecule has 3 rings (SSSR count). The largest absolute Gasteiger partial charge is 0.294 e. The van der Waals surface area contributed by atoms with E-state index in [4.69, 9.17) is 0 Å². The molecule has 0 heterocycles. The van der Waals surface area contributed by atoms with Crippen molar-refractivity contribution >= 4 is 5.78 Å². The van der Waals surface area contributed by atoms with Gasteiger partial charge >= 0.3 is 0 Å². The van der Waals surface area contributed by atoms with Crippen LogP contribution in [0.25, 0.3) is 11.1 Å². The van der Waals surface area contributed by atoms with Gasteiger partial charge in [-0.15, -0.1) is 0 Å². The number of aryl methyl sites for hydroxylation is 2. The summed E-state index contributed by atoms with van der Waals surface area (Å²) in [4.78, 5) is 11.9. The molecule has 0 unspecified atom stereocenters. The molecule has 2 aromatic carbocycles. The second kappa shape index (κ2) is 3.85. The normalized spacial score (nSPS) is 13.8. The summed E-state index contributed by atoms with van der Waals surface area (Å²) in [6.45, 7) is 2.07. The first-order valence-electron chi connectivity index (χ1n) is 5.98. The molecule has 1 aliphatic carbocycles. The van der Waals surface area contributed by atoms with Crippen molar-refractivity contribution in [2.75, 3.05) is 0 Å². The van der Waals surface area contributed by atoms with Crippen LogP contribution in [0.2, 0.25) is 0 Å². The number of carbonyl (C=O) groups excluding carboxylic acids is 1. The minimum Gasteiger partial charge on any atom is -0.294 e. The molecule has 0 saturated carbocycles. The number of hydrogen-bond donors (Lipinski definition) is 0. The van der Waals surface area contributed by atoms with Crippen LogP contribution < -0.4 is 0 Å². The van der Waals surface area contributed by atoms with Gasteiger partial charge in [0.15, 0.2) is 5.78 Å². The summed E-state index contributed by atoms with van der Waals surface area (Å²) in [6.07, 6.45) is 1.56. The summed E-state index contributed by atoms with van der Waals surface area (Å²) in [7, 11) is 0. The van der Waals surface area contributed by atoms with Crippen molar-refractivity contribution < 1.29 is 4.79 Å². The van der Waals surface area contributed by atoms with Gasteiger partial charge in [0, 0.05) is 12.0 Å². The van der Waals surface area contributed by atoms with Crippen molar-refractivity contribution in [3.05, 3.63) is 59.2 Å². The van der Waals surface area contributed by atoms with E-state index in [1.165, 1.54) is 11.1 Å². The maximum absolute atomic E-state index is 11.9. The fourth-order valence-electron chi connectivity index (χ4n) is 2.48. The molecule has 2 aromatic rings. The van der Waals surface area contributed by atoms with Crippen LogP contribution in [0.1, 0.15) is 27.9 Å². The Kier molecular flexibility index (Phi) is 2.32. The third-order valence-electron chi connectivity index (χ3n) is 3.41. The standard InChI is InChI=1S/C16H14O/c1-11-5-7-12(8-6-11)14-4-2-3-13-9-10-15(17)16(13)14/h2-8H,9-10H2,1H3. The van der Waals surface area contributed by atoms with Crippen molar-refractivity contribution in [2.24, 2.45) is 0 Å². The van der Waals surface area contributed by atoms with Crippen LogP contribution in [0.3, 0.4) is 0 Å². The first-order valence-corrected chi connectivity index (χ1v) is 5.98. The van der Waals surface area contributed by atoms with E-state index < -0.39 is 0 Å². The van der Waals surface area contributed by atoms with Gasteiger partial charge in [0.05, 0.1) is 0 Å². The zero-order valence-electron chi connectivity index (χ0n) is 9.86. The molecule has 17 heavy (non-hydrogen) atoms. The Morgan fingerprint density at radius 2 is 1.71 bits per heavy atom. The van der Waals surface area contributed by atoms with Crippen LogP contribution in [0.5, 0.6) is 0 Å². The molecule has 0 saturated heterocycles. The number of hydrogen-bond acceptors (Lipinski definition) is 1. The molecule has 1 nitrogen and oxygen atoms in total. The Hall–Kier alpha value is -1.89. The average molecular weight is 222 g/mol. The summed E-state index contributed by atoms with van der Waals surface area (Å²) < 4.78 is 0. The van der Waals surface area contributed by atoms with Crippen LogP contribution >= 0.6 is 0 Å². The number of benzene rings is 2. The van der Waals surface area contributed by atoms with E-state index in [0.717, 1.165) is 23.1 Å². The average Bonchev–Trinajstić information content (AvgIpc) is 2.73. The van der Waals surface area contributed by atoms with Gasteiger partial charge in [-0.2, -0.15) is 0 Å². The van der Waals surface area contributed by atoms with E-state index >= 15 is 0 Å². The highest BCUT2D eigenvalue weighted by atomic mass is 16.1. The number of ketones is 1. The lowest BCUT2D eigenvalue weighted by molar-refractivity contribution is 0.0995. The van der Waals surface area contributed by atoms with Crippen LogP contribution in [0, 0.1) is 6.92 Å². The maximum Gasteiger partial charge on any atom is 0.164 e. The second-order valence-corrected chi connectivity index (χ2v) is 4.63. The summed E-state index contributed by atoms with van der Waals surface area (Å²) >= 11 is 0. The van der Waals surface area contributed by atoms with E-state index in [-0.39, 0.29) is 5.78 Å². The molecule has 0 fully saturated rings. The first-order chi connectivity index (χ1) is 8.25. The predicted octanol–water partition coefficient (Wildman–Crippen LogP) is 3.79. The van der Waals surface area contributed by atoms with Crippen LogP contribution in [-0.2, 0) is 6.42 Å². The lowest BCUT2D eigenvalue weighted by atomic mass is 9.96. The van der Waals surface area contributed by atoms with Crippen LogP contribution in [-0.4, -0.2) is 5.78 Å². The minimum absolute atomic E-state index is 0.288. The molecular weight excluding hydrogens is 208 g/mol. The molecule has 0 amide bonds. The SMILES string of the molecule is Cc1ccc(-c2cccc3c2C(=O)CC3)cc1. The molecule has 0 aromatic heterocycles. The summed E-state index contributed by atoms with van der Waals surface area (Å²) in [5.41, 5.74) is 5.62. The van der Waals surface area contributed by atoms with Crippen molar-refractivity contribution in [2.45, 2.75) is 19.8 Å². The maximum atomic E-state index is 11.9. The molecular formula is C16H14O. The van der Waals surface area contributed by atoms with Gasteiger partial charge in [0.1, 0.15) is 0 Å². The van der Waals surface area contributed by atoms with Gasteiger partial charge in [-0.25, -0.2) is 0 Å². The summed E-state index contributed by atoms with van der Waals surface area (Å²) in [6, 6.07) is 14.5. The number of rotatable bonds is 1. The van der Waals surface area contributed by atoms with Crippen molar-refractivity contribution in [1.82, 2.24) is 0 Å². The van der Waals surface area contributed by atoms with E-state index in [1.807, 2.05) is 12.1 Å². The van der Waals surface area contributed by atoms with Gasteiger partial charge in [0.2, 0.25) is 0 Å². The quantitative estimate of drug-likeness (QED) is 0.717. The zero-order valence-corrected chi connectivity index (χ0v) is 9.86. The molecule has 0 aliphatic heterocycles. The molecule has 0 radical (unpaired) electrons. The smallest absolute Gasteiger partial charge is 0.164 e. The van der Waals surface area contributed by atoms with E-state index in [2.05, 4.69) is 37.3 Å². The predicted molar refractivity (Wildman–Crippen MR) is 69.3 cm³/mol. The highest BCUT2D eigenvalue weighted by molar-refractivity contribution is 6.06. The fourth-order valence-corrected chi connectivity index (χ4v) is 2.48. The van der Waals surface area contributed by atoms with Gasteiger partial charge in [-0.3, -0.25) is 4.79 Å². The minimum atomic E-state index is 0.288. The molecule has 0 spiro atoms. The number of Topliss-reactive ketones (excluding diaryl/α,β-unsaturated/α-hetero) is 1. The lowest BCUT2D eigenvalue weighted by Crippen LogP contribution is -1.95. The number of carbonyl (C=O) groups is 1. The second-order valence-electron chi connectivity index (χ2n) is 4.63. The zero-order chi connectivity index (χ0) is 11.8. The lowest BCUT2D eigenvalue weighted by Gasteiger charge is -2.07. The van der Waals surface area contributed by atoms with Crippen molar-refractivity contribution in [3.8, 4) is 11.1 Å². The number of fused-ring (bicyclic) bond motifs is 1.